The van der Waals surface area contributed by atoms with Crippen molar-refractivity contribution in [1.82, 2.24) is 15.3 Å². The number of aromatic amines is 1. The summed E-state index contributed by atoms with van der Waals surface area (Å²) in [5.74, 6) is 1.17. The number of para-hydroxylation sites is 1. The van der Waals surface area contributed by atoms with Gasteiger partial charge in [0.2, 0.25) is 11.8 Å². The van der Waals surface area contributed by atoms with Gasteiger partial charge in [0.25, 0.3) is 0 Å². The molecule has 1 aliphatic rings. The zero-order valence-corrected chi connectivity index (χ0v) is 19.6. The van der Waals surface area contributed by atoms with Crippen molar-refractivity contribution in [3.8, 4) is 5.88 Å². The molecule has 180 valence electrons. The molecular weight excluding hydrogens is 434 g/mol. The first-order valence-electron chi connectivity index (χ1n) is 11.7. The summed E-state index contributed by atoms with van der Waals surface area (Å²) in [5, 5.41) is 7.10. The largest absolute Gasteiger partial charge is 0.481 e. The van der Waals surface area contributed by atoms with E-state index < -0.39 is 6.09 Å². The van der Waals surface area contributed by atoms with Gasteiger partial charge in [-0.1, -0.05) is 18.2 Å². The third-order valence-corrected chi connectivity index (χ3v) is 6.03. The van der Waals surface area contributed by atoms with Crippen LogP contribution in [0, 0.1) is 0 Å². The van der Waals surface area contributed by atoms with Crippen molar-refractivity contribution in [2.24, 2.45) is 0 Å². The predicted octanol–water partition coefficient (Wildman–Crippen LogP) is 3.86. The number of hydrogen-bond donors (Lipinski definition) is 3. The lowest BCUT2D eigenvalue weighted by Gasteiger charge is -2.34. The van der Waals surface area contributed by atoms with Gasteiger partial charge in [-0.25, -0.2) is 4.79 Å². The second-order valence-corrected chi connectivity index (χ2v) is 8.26. The molecule has 2 aromatic heterocycles. The highest BCUT2D eigenvalue weighted by Crippen LogP contribution is 2.29. The molecule has 0 bridgehead atoms. The van der Waals surface area contributed by atoms with E-state index in [1.165, 1.54) is 5.39 Å². The van der Waals surface area contributed by atoms with Crippen LogP contribution in [0.15, 0.2) is 42.6 Å². The number of fused-ring (bicyclic) bond motifs is 1. The molecule has 34 heavy (non-hydrogen) atoms. The van der Waals surface area contributed by atoms with Gasteiger partial charge in [-0.3, -0.25) is 10.1 Å². The van der Waals surface area contributed by atoms with Crippen LogP contribution >= 0.6 is 0 Å². The van der Waals surface area contributed by atoms with Crippen molar-refractivity contribution in [2.75, 3.05) is 37.0 Å². The quantitative estimate of drug-likeness (QED) is 0.466. The van der Waals surface area contributed by atoms with Crippen LogP contribution in [0.3, 0.4) is 0 Å². The highest BCUT2D eigenvalue weighted by molar-refractivity contribution is 5.89. The van der Waals surface area contributed by atoms with E-state index in [0.717, 1.165) is 23.9 Å². The number of anilines is 2. The standard InChI is InChI=1S/C25H31N5O4/c1-3-34-25(32)28-21-9-11-23(33-2)29-24(21)30-14-12-18(13-15-30)27-22(31)10-8-17-16-26-20-7-5-4-6-19(17)20/h4-7,9,11,16,18,26H,3,8,10,12-15H2,1-2H3,(H,27,31)(H,28,32). The van der Waals surface area contributed by atoms with Crippen LogP contribution in [0.1, 0.15) is 31.7 Å². The molecule has 1 fully saturated rings. The minimum absolute atomic E-state index is 0.0629. The Morgan fingerprint density at radius 2 is 1.97 bits per heavy atom. The lowest BCUT2D eigenvalue weighted by molar-refractivity contribution is -0.121. The van der Waals surface area contributed by atoms with Crippen molar-refractivity contribution in [3.63, 3.8) is 0 Å². The molecule has 0 spiro atoms. The number of piperidine rings is 1. The van der Waals surface area contributed by atoms with Crippen LogP contribution < -0.4 is 20.3 Å². The average molecular weight is 466 g/mol. The summed E-state index contributed by atoms with van der Waals surface area (Å²) in [5.41, 5.74) is 2.82. The number of aryl methyl sites for hydroxylation is 1. The maximum atomic E-state index is 12.6. The molecule has 0 aliphatic carbocycles. The lowest BCUT2D eigenvalue weighted by atomic mass is 10.0. The Morgan fingerprint density at radius 3 is 2.74 bits per heavy atom. The Kier molecular flexibility index (Phi) is 7.51. The number of aromatic nitrogens is 2. The van der Waals surface area contributed by atoms with Gasteiger partial charge in [-0.15, -0.1) is 0 Å². The van der Waals surface area contributed by atoms with Crippen LogP contribution in [0.5, 0.6) is 5.88 Å². The molecule has 9 heteroatoms. The summed E-state index contributed by atoms with van der Waals surface area (Å²) in [6, 6.07) is 11.7. The fourth-order valence-corrected chi connectivity index (χ4v) is 4.28. The molecule has 3 N–H and O–H groups in total. The van der Waals surface area contributed by atoms with Gasteiger partial charge in [0.05, 0.1) is 19.4 Å². The number of methoxy groups -OCH3 is 1. The van der Waals surface area contributed by atoms with Crippen molar-refractivity contribution in [3.05, 3.63) is 48.2 Å². The second-order valence-electron chi connectivity index (χ2n) is 8.26. The number of carbonyl (C=O) groups excluding carboxylic acids is 2. The molecular formula is C25H31N5O4. The fraction of sp³-hybridized carbons (Fsp3) is 0.400. The highest BCUT2D eigenvalue weighted by atomic mass is 16.5. The number of nitrogens with zero attached hydrogens (tertiary/aromatic N) is 2. The minimum atomic E-state index is -0.520. The number of H-pyrrole nitrogens is 1. The molecule has 1 aromatic carbocycles. The van der Waals surface area contributed by atoms with Crippen molar-refractivity contribution in [1.29, 1.82) is 0 Å². The van der Waals surface area contributed by atoms with E-state index in [2.05, 4.69) is 31.6 Å². The van der Waals surface area contributed by atoms with Crippen molar-refractivity contribution in [2.45, 2.75) is 38.6 Å². The molecule has 0 saturated carbocycles. The SMILES string of the molecule is CCOC(=O)Nc1ccc(OC)nc1N1CCC(NC(=O)CCc2c[nH]c3ccccc23)CC1. The van der Waals surface area contributed by atoms with Gasteiger partial charge in [0.1, 0.15) is 0 Å². The first kappa shape index (κ1) is 23.4. The lowest BCUT2D eigenvalue weighted by Crippen LogP contribution is -2.45. The molecule has 4 rings (SSSR count). The normalized spacial score (nSPS) is 14.1. The number of pyridine rings is 1. The van der Waals surface area contributed by atoms with Crippen LogP contribution in [0.4, 0.5) is 16.3 Å². The summed E-state index contributed by atoms with van der Waals surface area (Å²) in [6.45, 7) is 3.44. The zero-order chi connectivity index (χ0) is 23.9. The molecule has 0 atom stereocenters. The first-order chi connectivity index (χ1) is 16.6. The predicted molar refractivity (Wildman–Crippen MR) is 131 cm³/mol. The van der Waals surface area contributed by atoms with E-state index in [-0.39, 0.29) is 18.6 Å². The third-order valence-electron chi connectivity index (χ3n) is 6.03. The van der Waals surface area contributed by atoms with Gasteiger partial charge in [0.15, 0.2) is 5.82 Å². The molecule has 3 heterocycles. The summed E-state index contributed by atoms with van der Waals surface area (Å²) in [7, 11) is 1.56. The Balaban J connectivity index is 1.31. The topological polar surface area (TPSA) is 109 Å². The minimum Gasteiger partial charge on any atom is -0.481 e. The number of carbonyl (C=O) groups is 2. The van der Waals surface area contributed by atoms with E-state index in [9.17, 15) is 9.59 Å². The van der Waals surface area contributed by atoms with E-state index in [0.29, 0.717) is 43.3 Å². The number of hydrogen-bond acceptors (Lipinski definition) is 6. The van der Waals surface area contributed by atoms with Gasteiger partial charge in [0, 0.05) is 48.7 Å². The highest BCUT2D eigenvalue weighted by Gasteiger charge is 2.24. The first-order valence-corrected chi connectivity index (χ1v) is 11.7. The number of ether oxygens (including phenoxy) is 2. The zero-order valence-electron chi connectivity index (χ0n) is 19.6. The number of amides is 2. The van der Waals surface area contributed by atoms with Gasteiger partial charge in [-0.05, 0) is 43.9 Å². The van der Waals surface area contributed by atoms with E-state index >= 15 is 0 Å². The molecule has 1 aliphatic heterocycles. The molecule has 0 radical (unpaired) electrons. The molecule has 0 unspecified atom stereocenters. The Morgan fingerprint density at radius 1 is 1.18 bits per heavy atom. The smallest absolute Gasteiger partial charge is 0.411 e. The van der Waals surface area contributed by atoms with Crippen LogP contribution in [0.25, 0.3) is 10.9 Å². The fourth-order valence-electron chi connectivity index (χ4n) is 4.28. The molecule has 2 amide bonds. The van der Waals surface area contributed by atoms with Crippen LogP contribution in [-0.4, -0.2) is 54.8 Å². The molecule has 9 nitrogen and oxygen atoms in total. The maximum Gasteiger partial charge on any atom is 0.411 e. The van der Waals surface area contributed by atoms with E-state index in [4.69, 9.17) is 9.47 Å². The second kappa shape index (κ2) is 10.9. The van der Waals surface area contributed by atoms with Crippen molar-refractivity contribution < 1.29 is 19.1 Å². The summed E-state index contributed by atoms with van der Waals surface area (Å²) < 4.78 is 10.3. The van der Waals surface area contributed by atoms with Gasteiger partial charge in [-0.2, -0.15) is 4.98 Å². The summed E-state index contributed by atoms with van der Waals surface area (Å²) in [6.07, 6.45) is 4.19. The van der Waals surface area contributed by atoms with Gasteiger partial charge >= 0.3 is 6.09 Å². The Bertz CT molecular complexity index is 1140. The maximum absolute atomic E-state index is 12.6. The van der Waals surface area contributed by atoms with E-state index in [1.807, 2.05) is 24.4 Å². The van der Waals surface area contributed by atoms with Gasteiger partial charge < -0.3 is 24.7 Å². The third kappa shape index (κ3) is 5.59. The Labute approximate surface area is 198 Å². The summed E-state index contributed by atoms with van der Waals surface area (Å²) in [4.78, 5) is 34.4. The monoisotopic (exact) mass is 465 g/mol. The van der Waals surface area contributed by atoms with Crippen LogP contribution in [-0.2, 0) is 16.0 Å². The Hall–Kier alpha value is -3.75. The average Bonchev–Trinajstić information content (AvgIpc) is 3.27. The number of nitrogens with one attached hydrogen (secondary N) is 3. The van der Waals surface area contributed by atoms with Crippen molar-refractivity contribution >= 4 is 34.4 Å². The van der Waals surface area contributed by atoms with E-state index in [1.54, 1.807) is 26.2 Å². The number of benzene rings is 1. The molecule has 1 saturated heterocycles. The number of rotatable bonds is 8. The van der Waals surface area contributed by atoms with Crippen LogP contribution in [0.2, 0.25) is 0 Å². The summed E-state index contributed by atoms with van der Waals surface area (Å²) >= 11 is 0. The molecule has 3 aromatic rings.